The minimum Gasteiger partial charge on any atom is -0.507 e. The second kappa shape index (κ2) is 10.4. The van der Waals surface area contributed by atoms with Gasteiger partial charge in [-0.2, -0.15) is 5.26 Å². The van der Waals surface area contributed by atoms with Gasteiger partial charge in [0.2, 0.25) is 5.91 Å². The molecule has 1 atom stereocenters. The van der Waals surface area contributed by atoms with Crippen LogP contribution in [-0.2, 0) is 4.79 Å². The molecule has 1 aliphatic heterocycles. The Balaban J connectivity index is 1.72. The Morgan fingerprint density at radius 2 is 1.94 bits per heavy atom. The van der Waals surface area contributed by atoms with Crippen LogP contribution < -0.4 is 10.2 Å². The fraction of sp³-hybridized carbons (Fsp3) is 0.321. The number of amides is 1. The van der Waals surface area contributed by atoms with Crippen LogP contribution >= 0.6 is 0 Å². The molecule has 1 aromatic heterocycles. The van der Waals surface area contributed by atoms with Crippen molar-refractivity contribution in [2.75, 3.05) is 18.0 Å². The molecule has 1 aliphatic rings. The summed E-state index contributed by atoms with van der Waals surface area (Å²) in [6, 6.07) is 20.3. The predicted octanol–water partition coefficient (Wildman–Crippen LogP) is 5.12. The number of para-hydroxylation sites is 1. The van der Waals surface area contributed by atoms with Gasteiger partial charge in [0.05, 0.1) is 17.3 Å². The van der Waals surface area contributed by atoms with Crippen molar-refractivity contribution in [3.05, 3.63) is 66.2 Å². The standard InChI is InChI=1S/C28H30N4O2/c1-19(2)13-14-30-28(34)25-7-5-15-32(25)27-17-22(21-11-9-20(18-29)10-12-21)16-24(31-27)23-6-3-4-8-26(23)33/h3-4,6,8-12,16-17,19,25,33H,5,7,13-15H2,1-2H3,(H,30,34)/t25-/m0/s1. The zero-order valence-electron chi connectivity index (χ0n) is 19.7. The van der Waals surface area contributed by atoms with Crippen molar-refractivity contribution in [2.45, 2.75) is 39.2 Å². The average molecular weight is 455 g/mol. The molecule has 6 nitrogen and oxygen atoms in total. The van der Waals surface area contributed by atoms with E-state index < -0.39 is 0 Å². The monoisotopic (exact) mass is 454 g/mol. The lowest BCUT2D eigenvalue weighted by atomic mass is 10.0. The van der Waals surface area contributed by atoms with Crippen molar-refractivity contribution >= 4 is 11.7 Å². The van der Waals surface area contributed by atoms with Gasteiger partial charge in [0.15, 0.2) is 0 Å². The first-order chi connectivity index (χ1) is 16.5. The second-order valence-corrected chi connectivity index (χ2v) is 9.13. The number of hydrogen-bond donors (Lipinski definition) is 2. The molecule has 0 unspecified atom stereocenters. The topological polar surface area (TPSA) is 89.2 Å². The van der Waals surface area contributed by atoms with Gasteiger partial charge in [-0.3, -0.25) is 4.79 Å². The van der Waals surface area contributed by atoms with Crippen LogP contribution in [0.1, 0.15) is 38.7 Å². The van der Waals surface area contributed by atoms with Gasteiger partial charge >= 0.3 is 0 Å². The Morgan fingerprint density at radius 1 is 1.18 bits per heavy atom. The lowest BCUT2D eigenvalue weighted by molar-refractivity contribution is -0.122. The smallest absolute Gasteiger partial charge is 0.242 e. The maximum atomic E-state index is 13.0. The van der Waals surface area contributed by atoms with Crippen molar-refractivity contribution in [1.29, 1.82) is 5.26 Å². The molecule has 4 rings (SSSR count). The number of phenolic OH excluding ortho intramolecular Hbond substituents is 1. The Morgan fingerprint density at radius 3 is 2.65 bits per heavy atom. The second-order valence-electron chi connectivity index (χ2n) is 9.13. The molecule has 6 heteroatoms. The van der Waals surface area contributed by atoms with Crippen molar-refractivity contribution in [2.24, 2.45) is 5.92 Å². The Kier molecular flexibility index (Phi) is 7.12. The van der Waals surface area contributed by atoms with Crippen LogP contribution in [0.2, 0.25) is 0 Å². The van der Waals surface area contributed by atoms with Crippen LogP contribution in [0.3, 0.4) is 0 Å². The van der Waals surface area contributed by atoms with Crippen LogP contribution in [0.15, 0.2) is 60.7 Å². The summed E-state index contributed by atoms with van der Waals surface area (Å²) < 4.78 is 0. The summed E-state index contributed by atoms with van der Waals surface area (Å²) in [4.78, 5) is 19.9. The first-order valence-corrected chi connectivity index (χ1v) is 11.8. The van der Waals surface area contributed by atoms with E-state index >= 15 is 0 Å². The predicted molar refractivity (Wildman–Crippen MR) is 134 cm³/mol. The first kappa shape index (κ1) is 23.3. The minimum absolute atomic E-state index is 0.0350. The lowest BCUT2D eigenvalue weighted by Crippen LogP contribution is -2.44. The highest BCUT2D eigenvalue weighted by Crippen LogP contribution is 2.35. The molecule has 0 aliphatic carbocycles. The number of anilines is 1. The fourth-order valence-electron chi connectivity index (χ4n) is 4.31. The van der Waals surface area contributed by atoms with Gasteiger partial charge in [-0.25, -0.2) is 4.98 Å². The van der Waals surface area contributed by atoms with Gasteiger partial charge in [0.25, 0.3) is 0 Å². The molecule has 1 fully saturated rings. The molecule has 2 heterocycles. The maximum Gasteiger partial charge on any atom is 0.242 e. The lowest BCUT2D eigenvalue weighted by Gasteiger charge is -2.26. The average Bonchev–Trinajstić information content (AvgIpc) is 3.34. The van der Waals surface area contributed by atoms with Gasteiger partial charge in [-0.1, -0.05) is 38.1 Å². The molecule has 2 N–H and O–H groups in total. The number of carbonyl (C=O) groups excluding carboxylic acids is 1. The fourth-order valence-corrected chi connectivity index (χ4v) is 4.31. The minimum atomic E-state index is -0.270. The number of rotatable bonds is 7. The molecule has 0 radical (unpaired) electrons. The van der Waals surface area contributed by atoms with E-state index in [0.717, 1.165) is 36.9 Å². The molecule has 34 heavy (non-hydrogen) atoms. The molecule has 0 spiro atoms. The van der Waals surface area contributed by atoms with E-state index in [-0.39, 0.29) is 17.7 Å². The molecule has 1 amide bonds. The zero-order valence-corrected chi connectivity index (χ0v) is 19.7. The number of nitrogens with one attached hydrogen (secondary N) is 1. The van der Waals surface area contributed by atoms with E-state index in [0.29, 0.717) is 35.1 Å². The van der Waals surface area contributed by atoms with Crippen LogP contribution in [-0.4, -0.2) is 35.1 Å². The number of nitrogens with zero attached hydrogens (tertiary/aromatic N) is 3. The number of aromatic nitrogens is 1. The van der Waals surface area contributed by atoms with E-state index in [9.17, 15) is 9.90 Å². The molecule has 0 saturated carbocycles. The van der Waals surface area contributed by atoms with Crippen molar-refractivity contribution in [3.8, 4) is 34.2 Å². The molecule has 0 bridgehead atoms. The van der Waals surface area contributed by atoms with Crippen molar-refractivity contribution in [1.82, 2.24) is 10.3 Å². The third kappa shape index (κ3) is 5.20. The number of pyridine rings is 1. The van der Waals surface area contributed by atoms with Crippen LogP contribution in [0.25, 0.3) is 22.4 Å². The van der Waals surface area contributed by atoms with E-state index in [2.05, 4.69) is 30.1 Å². The van der Waals surface area contributed by atoms with Crippen molar-refractivity contribution < 1.29 is 9.90 Å². The molecular weight excluding hydrogens is 424 g/mol. The summed E-state index contributed by atoms with van der Waals surface area (Å²) in [5.41, 5.74) is 3.73. The first-order valence-electron chi connectivity index (χ1n) is 11.8. The molecule has 174 valence electrons. The van der Waals surface area contributed by atoms with Crippen LogP contribution in [0.4, 0.5) is 5.82 Å². The van der Waals surface area contributed by atoms with E-state index in [1.54, 1.807) is 24.3 Å². The van der Waals surface area contributed by atoms with Gasteiger partial charge in [0.1, 0.15) is 17.6 Å². The summed E-state index contributed by atoms with van der Waals surface area (Å²) in [6.07, 6.45) is 2.64. The van der Waals surface area contributed by atoms with Crippen molar-refractivity contribution in [3.63, 3.8) is 0 Å². The number of phenols is 1. The van der Waals surface area contributed by atoms with Gasteiger partial charge in [0, 0.05) is 18.7 Å². The number of aromatic hydroxyl groups is 1. The van der Waals surface area contributed by atoms with Gasteiger partial charge in [-0.05, 0) is 72.7 Å². The SMILES string of the molecule is CC(C)CCNC(=O)[C@@H]1CCCN1c1cc(-c2ccc(C#N)cc2)cc(-c2ccccc2O)n1. The normalized spacial score (nSPS) is 15.4. The molecular formula is C28H30N4O2. The summed E-state index contributed by atoms with van der Waals surface area (Å²) in [5, 5.41) is 22.7. The Bertz CT molecular complexity index is 1200. The number of benzene rings is 2. The summed E-state index contributed by atoms with van der Waals surface area (Å²) in [5.74, 6) is 1.43. The van der Waals surface area contributed by atoms with Crippen LogP contribution in [0, 0.1) is 17.2 Å². The quantitative estimate of drug-likeness (QED) is 0.517. The van der Waals surface area contributed by atoms with Crippen LogP contribution in [0.5, 0.6) is 5.75 Å². The molecule has 1 saturated heterocycles. The van der Waals surface area contributed by atoms with Gasteiger partial charge < -0.3 is 15.3 Å². The third-order valence-electron chi connectivity index (χ3n) is 6.21. The van der Waals surface area contributed by atoms with E-state index in [1.807, 2.05) is 36.4 Å². The maximum absolute atomic E-state index is 13.0. The summed E-state index contributed by atoms with van der Waals surface area (Å²) in [6.45, 7) is 5.70. The number of hydrogen-bond acceptors (Lipinski definition) is 5. The van der Waals surface area contributed by atoms with Gasteiger partial charge in [-0.15, -0.1) is 0 Å². The molecule has 3 aromatic rings. The Hall–Kier alpha value is -3.85. The largest absolute Gasteiger partial charge is 0.507 e. The highest BCUT2D eigenvalue weighted by atomic mass is 16.3. The third-order valence-corrected chi connectivity index (χ3v) is 6.21. The number of carbonyl (C=O) groups is 1. The summed E-state index contributed by atoms with van der Waals surface area (Å²) in [7, 11) is 0. The highest BCUT2D eigenvalue weighted by molar-refractivity contribution is 5.86. The number of nitriles is 1. The summed E-state index contributed by atoms with van der Waals surface area (Å²) >= 11 is 0. The zero-order chi connectivity index (χ0) is 24.1. The Labute approximate surface area is 200 Å². The highest BCUT2D eigenvalue weighted by Gasteiger charge is 2.32. The van der Waals surface area contributed by atoms with E-state index in [1.165, 1.54) is 0 Å². The van der Waals surface area contributed by atoms with E-state index in [4.69, 9.17) is 10.2 Å². The molecule has 2 aromatic carbocycles.